The molecule has 1 aromatic carbocycles. The second kappa shape index (κ2) is 11.6. The number of nitrogens with zero attached hydrogens (tertiary/aromatic N) is 2. The molecule has 0 unspecified atom stereocenters. The van der Waals surface area contributed by atoms with E-state index in [-0.39, 0.29) is 24.0 Å². The second-order valence-electron chi connectivity index (χ2n) is 6.73. The Hall–Kier alpha value is -1.02. The zero-order chi connectivity index (χ0) is 17.4. The Balaban J connectivity index is 0.00000312. The van der Waals surface area contributed by atoms with Gasteiger partial charge in [-0.05, 0) is 57.7 Å². The first-order valence-electron chi connectivity index (χ1n) is 9.15. The van der Waals surface area contributed by atoms with Crippen molar-refractivity contribution in [2.75, 3.05) is 26.2 Å². The fourth-order valence-corrected chi connectivity index (χ4v) is 3.08. The number of piperidine rings is 1. The number of rotatable bonds is 6. The summed E-state index contributed by atoms with van der Waals surface area (Å²) in [7, 11) is 0. The van der Waals surface area contributed by atoms with Gasteiger partial charge < -0.3 is 20.6 Å². The van der Waals surface area contributed by atoms with Gasteiger partial charge in [0.15, 0.2) is 5.96 Å². The van der Waals surface area contributed by atoms with E-state index in [0.29, 0.717) is 24.4 Å². The van der Waals surface area contributed by atoms with Crippen LogP contribution in [0.4, 0.5) is 0 Å². The molecule has 1 aliphatic heterocycles. The van der Waals surface area contributed by atoms with E-state index in [0.717, 1.165) is 50.4 Å². The van der Waals surface area contributed by atoms with E-state index in [9.17, 15) is 5.11 Å². The summed E-state index contributed by atoms with van der Waals surface area (Å²) in [5.41, 5.74) is 1.11. The van der Waals surface area contributed by atoms with Crippen LogP contribution in [-0.4, -0.2) is 54.2 Å². The lowest BCUT2D eigenvalue weighted by Crippen LogP contribution is -2.49. The summed E-state index contributed by atoms with van der Waals surface area (Å²) in [6, 6.07) is 8.53. The number of phenolic OH excluding ortho intramolecular Hbond substituents is 1. The highest BCUT2D eigenvalue weighted by atomic mass is 127. The maximum atomic E-state index is 9.52. The fraction of sp³-hybridized carbons (Fsp3) is 0.632. The Labute approximate surface area is 169 Å². The molecule has 0 aliphatic carbocycles. The second-order valence-corrected chi connectivity index (χ2v) is 6.73. The monoisotopic (exact) mass is 460 g/mol. The zero-order valence-electron chi connectivity index (χ0n) is 15.7. The Morgan fingerprint density at radius 2 is 2.04 bits per heavy atom. The first kappa shape index (κ1) is 22.0. The normalized spacial score (nSPS) is 16.6. The van der Waals surface area contributed by atoms with Crippen molar-refractivity contribution in [2.45, 2.75) is 52.1 Å². The van der Waals surface area contributed by atoms with Crippen LogP contribution in [0.1, 0.15) is 39.2 Å². The average molecular weight is 460 g/mol. The van der Waals surface area contributed by atoms with Gasteiger partial charge in [0.25, 0.3) is 0 Å². The van der Waals surface area contributed by atoms with E-state index < -0.39 is 0 Å². The van der Waals surface area contributed by atoms with Gasteiger partial charge in [0.1, 0.15) is 5.75 Å². The van der Waals surface area contributed by atoms with Gasteiger partial charge in [-0.3, -0.25) is 4.99 Å². The molecule has 1 aromatic rings. The number of guanidine groups is 1. The molecule has 0 aromatic heterocycles. The van der Waals surface area contributed by atoms with Gasteiger partial charge >= 0.3 is 0 Å². The topological polar surface area (TPSA) is 59.9 Å². The van der Waals surface area contributed by atoms with Gasteiger partial charge in [-0.1, -0.05) is 12.1 Å². The Morgan fingerprint density at radius 3 is 2.64 bits per heavy atom. The van der Waals surface area contributed by atoms with E-state index in [1.54, 1.807) is 12.1 Å². The molecule has 2 rings (SSSR count). The van der Waals surface area contributed by atoms with Crippen molar-refractivity contribution in [1.82, 2.24) is 15.5 Å². The van der Waals surface area contributed by atoms with Crippen LogP contribution in [0.25, 0.3) is 0 Å². The van der Waals surface area contributed by atoms with Crippen LogP contribution in [0, 0.1) is 0 Å². The first-order chi connectivity index (χ1) is 11.6. The molecule has 0 amide bonds. The number of hydrogen-bond donors (Lipinski definition) is 3. The molecule has 0 atom stereocenters. The third-order valence-corrected chi connectivity index (χ3v) is 4.53. The molecule has 5 nitrogen and oxygen atoms in total. The molecule has 142 valence electrons. The van der Waals surface area contributed by atoms with Gasteiger partial charge in [-0.15, -0.1) is 24.0 Å². The van der Waals surface area contributed by atoms with Gasteiger partial charge in [0.05, 0.1) is 0 Å². The molecule has 1 fully saturated rings. The van der Waals surface area contributed by atoms with Crippen molar-refractivity contribution in [3.8, 4) is 5.75 Å². The standard InChI is InChI=1S/C19H32N4O.HI/c1-4-20-19(21-11-8-16-6-5-7-18(24)14-16)22-17-9-12-23(13-10-17)15(2)3;/h5-7,14-15,17,24H,4,8-13H2,1-3H3,(H2,20,21,22);1H. The summed E-state index contributed by atoms with van der Waals surface area (Å²) in [5.74, 6) is 1.22. The molecule has 25 heavy (non-hydrogen) atoms. The van der Waals surface area contributed by atoms with Crippen LogP contribution in [0.15, 0.2) is 29.3 Å². The number of aliphatic imine (C=N–C) groups is 1. The molecule has 0 bridgehead atoms. The smallest absolute Gasteiger partial charge is 0.191 e. The van der Waals surface area contributed by atoms with Crippen molar-refractivity contribution in [3.63, 3.8) is 0 Å². The van der Waals surface area contributed by atoms with Gasteiger partial charge in [0, 0.05) is 38.3 Å². The number of phenols is 1. The van der Waals surface area contributed by atoms with Gasteiger partial charge in [0.2, 0.25) is 0 Å². The fourth-order valence-electron chi connectivity index (χ4n) is 3.08. The zero-order valence-corrected chi connectivity index (χ0v) is 18.0. The van der Waals surface area contributed by atoms with E-state index in [2.05, 4.69) is 41.3 Å². The lowest BCUT2D eigenvalue weighted by molar-refractivity contribution is 0.167. The van der Waals surface area contributed by atoms with Crippen LogP contribution in [0.2, 0.25) is 0 Å². The molecular weight excluding hydrogens is 427 g/mol. The molecule has 1 aliphatic rings. The molecule has 1 saturated heterocycles. The maximum Gasteiger partial charge on any atom is 0.191 e. The molecule has 0 spiro atoms. The molecule has 1 heterocycles. The third kappa shape index (κ3) is 7.81. The number of halogens is 1. The van der Waals surface area contributed by atoms with Crippen LogP contribution >= 0.6 is 24.0 Å². The van der Waals surface area contributed by atoms with Crippen LogP contribution in [-0.2, 0) is 6.42 Å². The SMILES string of the molecule is CCNC(=NCCc1cccc(O)c1)NC1CCN(C(C)C)CC1.I. The molecular formula is C19H33IN4O. The third-order valence-electron chi connectivity index (χ3n) is 4.53. The number of benzene rings is 1. The van der Waals surface area contributed by atoms with Crippen LogP contribution in [0.3, 0.4) is 0 Å². The Morgan fingerprint density at radius 1 is 1.32 bits per heavy atom. The highest BCUT2D eigenvalue weighted by Crippen LogP contribution is 2.13. The van der Waals surface area contributed by atoms with Gasteiger partial charge in [-0.2, -0.15) is 0 Å². The Bertz CT molecular complexity index is 528. The first-order valence-corrected chi connectivity index (χ1v) is 9.15. The quantitative estimate of drug-likeness (QED) is 0.347. The van der Waals surface area contributed by atoms with Crippen molar-refractivity contribution in [1.29, 1.82) is 0 Å². The molecule has 0 radical (unpaired) electrons. The highest BCUT2D eigenvalue weighted by Gasteiger charge is 2.21. The minimum atomic E-state index is 0. The van der Waals surface area contributed by atoms with Crippen LogP contribution < -0.4 is 10.6 Å². The Kier molecular flexibility index (Phi) is 10.2. The van der Waals surface area contributed by atoms with Gasteiger partial charge in [-0.25, -0.2) is 0 Å². The van der Waals surface area contributed by atoms with Crippen molar-refractivity contribution in [2.24, 2.45) is 4.99 Å². The number of hydrogen-bond acceptors (Lipinski definition) is 3. The van der Waals surface area contributed by atoms with E-state index >= 15 is 0 Å². The predicted molar refractivity (Wildman–Crippen MR) is 116 cm³/mol. The lowest BCUT2D eigenvalue weighted by atomic mass is 10.0. The minimum Gasteiger partial charge on any atom is -0.508 e. The number of aromatic hydroxyl groups is 1. The minimum absolute atomic E-state index is 0. The van der Waals surface area contributed by atoms with Crippen molar-refractivity contribution < 1.29 is 5.11 Å². The lowest BCUT2D eigenvalue weighted by Gasteiger charge is -2.35. The number of nitrogens with one attached hydrogen (secondary N) is 2. The molecule has 3 N–H and O–H groups in total. The summed E-state index contributed by atoms with van der Waals surface area (Å²) in [6.07, 6.45) is 3.15. The van der Waals surface area contributed by atoms with Crippen LogP contribution in [0.5, 0.6) is 5.75 Å². The van der Waals surface area contributed by atoms with Crippen molar-refractivity contribution >= 4 is 29.9 Å². The summed E-state index contributed by atoms with van der Waals surface area (Å²) < 4.78 is 0. The number of likely N-dealkylation sites (tertiary alicyclic amines) is 1. The average Bonchev–Trinajstić information content (AvgIpc) is 2.55. The molecule has 6 heteroatoms. The van der Waals surface area contributed by atoms with E-state index in [4.69, 9.17) is 0 Å². The van der Waals surface area contributed by atoms with Crippen molar-refractivity contribution in [3.05, 3.63) is 29.8 Å². The highest BCUT2D eigenvalue weighted by molar-refractivity contribution is 14.0. The van der Waals surface area contributed by atoms with E-state index in [1.807, 2.05) is 12.1 Å². The summed E-state index contributed by atoms with van der Waals surface area (Å²) in [6.45, 7) is 10.5. The summed E-state index contributed by atoms with van der Waals surface area (Å²) in [4.78, 5) is 7.22. The molecule has 0 saturated carbocycles. The maximum absolute atomic E-state index is 9.52. The predicted octanol–water partition coefficient (Wildman–Crippen LogP) is 2.98. The largest absolute Gasteiger partial charge is 0.508 e. The van der Waals surface area contributed by atoms with E-state index in [1.165, 1.54) is 0 Å². The summed E-state index contributed by atoms with van der Waals surface area (Å²) >= 11 is 0. The summed E-state index contributed by atoms with van der Waals surface area (Å²) in [5, 5.41) is 16.4.